The summed E-state index contributed by atoms with van der Waals surface area (Å²) in [5.41, 5.74) is -0.182. The van der Waals surface area contributed by atoms with E-state index in [0.29, 0.717) is 0 Å². The van der Waals surface area contributed by atoms with E-state index in [9.17, 15) is 13.6 Å². The van der Waals surface area contributed by atoms with Crippen molar-refractivity contribution in [2.45, 2.75) is 25.7 Å². The zero-order valence-electron chi connectivity index (χ0n) is 9.55. The van der Waals surface area contributed by atoms with Crippen LogP contribution in [0, 0.1) is 0 Å². The molecule has 0 fully saturated rings. The highest BCUT2D eigenvalue weighted by atomic mass is 35.5. The first-order chi connectivity index (χ1) is 8.51. The fourth-order valence-corrected chi connectivity index (χ4v) is 2.01. The van der Waals surface area contributed by atoms with Crippen LogP contribution in [-0.2, 0) is 21.8 Å². The molecule has 0 aromatic carbocycles. The topological polar surface area (TPSA) is 39.2 Å². The normalized spacial score (nSPS) is 10.8. The van der Waals surface area contributed by atoms with E-state index < -0.39 is 18.0 Å². The SMILES string of the molecule is CCOC(=O)Cc1cnc(CCl)c(Cl)c1C(F)F. The largest absolute Gasteiger partial charge is 0.466 e. The van der Waals surface area contributed by atoms with Gasteiger partial charge in [0.15, 0.2) is 0 Å². The fourth-order valence-electron chi connectivity index (χ4n) is 1.42. The van der Waals surface area contributed by atoms with Gasteiger partial charge in [-0.15, -0.1) is 11.6 Å². The van der Waals surface area contributed by atoms with Gasteiger partial charge in [-0.25, -0.2) is 8.78 Å². The number of carbonyl (C=O) groups excluding carboxylic acids is 1. The number of ether oxygens (including phenoxy) is 1. The molecule has 1 heterocycles. The summed E-state index contributed by atoms with van der Waals surface area (Å²) in [4.78, 5) is 15.1. The number of rotatable bonds is 5. The molecule has 7 heteroatoms. The lowest BCUT2D eigenvalue weighted by molar-refractivity contribution is -0.142. The Labute approximate surface area is 113 Å². The minimum Gasteiger partial charge on any atom is -0.466 e. The van der Waals surface area contributed by atoms with Crippen molar-refractivity contribution in [3.8, 4) is 0 Å². The zero-order valence-corrected chi connectivity index (χ0v) is 11.1. The van der Waals surface area contributed by atoms with E-state index in [2.05, 4.69) is 4.98 Å². The van der Waals surface area contributed by atoms with Gasteiger partial charge >= 0.3 is 5.97 Å². The second-order valence-corrected chi connectivity index (χ2v) is 4.02. The van der Waals surface area contributed by atoms with Crippen molar-refractivity contribution in [3.63, 3.8) is 0 Å². The molecule has 0 saturated heterocycles. The molecule has 0 spiro atoms. The molecule has 3 nitrogen and oxygen atoms in total. The van der Waals surface area contributed by atoms with E-state index in [-0.39, 0.29) is 35.2 Å². The molecule has 0 aliphatic rings. The van der Waals surface area contributed by atoms with Crippen molar-refractivity contribution >= 4 is 29.2 Å². The number of nitrogens with zero attached hydrogens (tertiary/aromatic N) is 1. The van der Waals surface area contributed by atoms with Gasteiger partial charge in [0.25, 0.3) is 6.43 Å². The van der Waals surface area contributed by atoms with Crippen molar-refractivity contribution in [3.05, 3.63) is 28.0 Å². The number of aromatic nitrogens is 1. The molecule has 18 heavy (non-hydrogen) atoms. The Morgan fingerprint density at radius 1 is 1.56 bits per heavy atom. The van der Waals surface area contributed by atoms with Crippen LogP contribution in [0.1, 0.15) is 30.2 Å². The average Bonchev–Trinajstić information content (AvgIpc) is 2.29. The number of hydrogen-bond acceptors (Lipinski definition) is 3. The van der Waals surface area contributed by atoms with Gasteiger partial charge < -0.3 is 4.74 Å². The molecule has 1 aromatic heterocycles. The predicted octanol–water partition coefficient (Wildman–Crippen LogP) is 3.52. The molecule has 0 atom stereocenters. The first-order valence-electron chi connectivity index (χ1n) is 5.17. The highest BCUT2D eigenvalue weighted by Gasteiger charge is 2.22. The monoisotopic (exact) mass is 297 g/mol. The van der Waals surface area contributed by atoms with Crippen LogP contribution in [0.3, 0.4) is 0 Å². The van der Waals surface area contributed by atoms with Crippen LogP contribution in [0.25, 0.3) is 0 Å². The van der Waals surface area contributed by atoms with E-state index in [0.717, 1.165) is 0 Å². The summed E-state index contributed by atoms with van der Waals surface area (Å²) < 4.78 is 30.6. The van der Waals surface area contributed by atoms with Crippen LogP contribution < -0.4 is 0 Å². The zero-order chi connectivity index (χ0) is 13.7. The quantitative estimate of drug-likeness (QED) is 0.617. The number of pyridine rings is 1. The number of halogens is 4. The molecule has 0 amide bonds. The number of alkyl halides is 3. The lowest BCUT2D eigenvalue weighted by atomic mass is 10.1. The van der Waals surface area contributed by atoms with E-state index in [1.165, 1.54) is 6.20 Å². The molecule has 0 N–H and O–H groups in total. The molecule has 0 radical (unpaired) electrons. The molecule has 0 unspecified atom stereocenters. The summed E-state index contributed by atoms with van der Waals surface area (Å²) in [6, 6.07) is 0. The van der Waals surface area contributed by atoms with Gasteiger partial charge in [0.05, 0.1) is 29.6 Å². The Balaban J connectivity index is 3.11. The Hall–Kier alpha value is -0.940. The van der Waals surface area contributed by atoms with Gasteiger partial charge in [-0.2, -0.15) is 0 Å². The second kappa shape index (κ2) is 6.85. The molecule has 0 saturated carbocycles. The van der Waals surface area contributed by atoms with Crippen molar-refractivity contribution < 1.29 is 18.3 Å². The van der Waals surface area contributed by atoms with Gasteiger partial charge in [-0.1, -0.05) is 11.6 Å². The molecule has 1 aromatic rings. The first-order valence-corrected chi connectivity index (χ1v) is 6.08. The molecule has 0 bridgehead atoms. The third-order valence-electron chi connectivity index (χ3n) is 2.20. The summed E-state index contributed by atoms with van der Waals surface area (Å²) in [7, 11) is 0. The molecule has 0 aliphatic heterocycles. The van der Waals surface area contributed by atoms with Crippen molar-refractivity contribution in [1.29, 1.82) is 0 Å². The van der Waals surface area contributed by atoms with Gasteiger partial charge in [0, 0.05) is 11.8 Å². The number of hydrogen-bond donors (Lipinski definition) is 0. The maximum absolute atomic E-state index is 12.9. The van der Waals surface area contributed by atoms with Crippen LogP contribution in [0.2, 0.25) is 5.02 Å². The predicted molar refractivity (Wildman–Crippen MR) is 64.1 cm³/mol. The fraction of sp³-hybridized carbons (Fsp3) is 0.455. The minimum atomic E-state index is -2.80. The van der Waals surface area contributed by atoms with Crippen LogP contribution >= 0.6 is 23.2 Å². The van der Waals surface area contributed by atoms with Crippen molar-refractivity contribution in [2.24, 2.45) is 0 Å². The maximum atomic E-state index is 12.9. The van der Waals surface area contributed by atoms with E-state index in [1.54, 1.807) is 6.92 Å². The summed E-state index contributed by atoms with van der Waals surface area (Å²) in [5, 5.41) is -0.193. The van der Waals surface area contributed by atoms with Crippen molar-refractivity contribution in [1.82, 2.24) is 4.98 Å². The van der Waals surface area contributed by atoms with Crippen LogP contribution in [0.15, 0.2) is 6.20 Å². The Kier molecular flexibility index (Phi) is 5.75. The van der Waals surface area contributed by atoms with E-state index >= 15 is 0 Å². The van der Waals surface area contributed by atoms with Crippen molar-refractivity contribution in [2.75, 3.05) is 6.61 Å². The second-order valence-electron chi connectivity index (χ2n) is 3.37. The summed E-state index contributed by atoms with van der Waals surface area (Å²) in [6.45, 7) is 1.82. The average molecular weight is 298 g/mol. The van der Waals surface area contributed by atoms with Gasteiger partial charge in [-0.05, 0) is 12.5 Å². The summed E-state index contributed by atoms with van der Waals surface area (Å²) in [5.74, 6) is -0.672. The lowest BCUT2D eigenvalue weighted by Gasteiger charge is -2.12. The standard InChI is InChI=1S/C11H11Cl2F2NO2/c1-2-18-8(17)3-6-5-16-7(4-12)10(13)9(6)11(14)15/h5,11H,2-4H2,1H3. The highest BCUT2D eigenvalue weighted by Crippen LogP contribution is 2.32. The third-order valence-corrected chi connectivity index (χ3v) is 2.87. The van der Waals surface area contributed by atoms with E-state index in [1.807, 2.05) is 0 Å². The van der Waals surface area contributed by atoms with Crippen LogP contribution in [0.5, 0.6) is 0 Å². The Morgan fingerprint density at radius 3 is 2.72 bits per heavy atom. The lowest BCUT2D eigenvalue weighted by Crippen LogP contribution is -2.11. The van der Waals surface area contributed by atoms with E-state index in [4.69, 9.17) is 27.9 Å². The van der Waals surface area contributed by atoms with Gasteiger partial charge in [-0.3, -0.25) is 9.78 Å². The minimum absolute atomic E-state index is 0.0577. The Bertz CT molecular complexity index is 441. The van der Waals surface area contributed by atoms with Gasteiger partial charge in [0.1, 0.15) is 0 Å². The molecular formula is C11H11Cl2F2NO2. The smallest absolute Gasteiger partial charge is 0.310 e. The van der Waals surface area contributed by atoms with Gasteiger partial charge in [0.2, 0.25) is 0 Å². The van der Waals surface area contributed by atoms with Crippen LogP contribution in [-0.4, -0.2) is 17.6 Å². The number of carbonyl (C=O) groups is 1. The third kappa shape index (κ3) is 3.53. The highest BCUT2D eigenvalue weighted by molar-refractivity contribution is 6.33. The molecular weight excluding hydrogens is 287 g/mol. The summed E-state index contributed by atoms with van der Waals surface area (Å²) >= 11 is 11.3. The van der Waals surface area contributed by atoms with Crippen LogP contribution in [0.4, 0.5) is 8.78 Å². The molecule has 100 valence electrons. The summed E-state index contributed by atoms with van der Waals surface area (Å²) in [6.07, 6.45) is -1.91. The Morgan fingerprint density at radius 2 is 2.22 bits per heavy atom. The first kappa shape index (κ1) is 15.1. The maximum Gasteiger partial charge on any atom is 0.310 e. The molecule has 0 aliphatic carbocycles. The number of esters is 1. The molecule has 1 rings (SSSR count).